The highest BCUT2D eigenvalue weighted by atomic mass is 16.3. The zero-order valence-electron chi connectivity index (χ0n) is 17.1. The van der Waals surface area contributed by atoms with E-state index >= 15 is 0 Å². The van der Waals surface area contributed by atoms with Crippen molar-refractivity contribution in [1.82, 2.24) is 5.32 Å². The Bertz CT molecular complexity index is 980. The summed E-state index contributed by atoms with van der Waals surface area (Å²) in [7, 11) is 0. The van der Waals surface area contributed by atoms with E-state index in [1.165, 1.54) is 6.42 Å². The third-order valence-electron chi connectivity index (χ3n) is 5.83. The molecule has 2 amide bonds. The standard InChI is InChI=1S/C24H27N3O3/c1-24(16-17-9-4-2-5-10-17)21(28)20(23(30)26-24)22(29)25-18-11-8-12-19(15-18)27-13-6-3-7-14-27/h2,4-5,8-12,15,28H,3,6-7,13-14,16H2,1H3,(H,25,29)(H,26,30). The predicted octanol–water partition coefficient (Wildman–Crippen LogP) is 3.56. The minimum Gasteiger partial charge on any atom is -0.509 e. The smallest absolute Gasteiger partial charge is 0.264 e. The lowest BCUT2D eigenvalue weighted by Crippen LogP contribution is -2.43. The second kappa shape index (κ2) is 8.22. The van der Waals surface area contributed by atoms with Gasteiger partial charge >= 0.3 is 0 Å². The van der Waals surface area contributed by atoms with Gasteiger partial charge in [-0.1, -0.05) is 36.4 Å². The fourth-order valence-corrected chi connectivity index (χ4v) is 4.22. The minimum atomic E-state index is -1.01. The van der Waals surface area contributed by atoms with Gasteiger partial charge in [0.1, 0.15) is 11.3 Å². The van der Waals surface area contributed by atoms with Crippen LogP contribution >= 0.6 is 0 Å². The molecule has 2 heterocycles. The number of hydrogen-bond donors (Lipinski definition) is 3. The molecule has 4 rings (SSSR count). The number of piperidine rings is 1. The number of nitrogens with zero attached hydrogens (tertiary/aromatic N) is 1. The first kappa shape index (κ1) is 20.0. The summed E-state index contributed by atoms with van der Waals surface area (Å²) in [6.07, 6.45) is 3.97. The van der Waals surface area contributed by atoms with Gasteiger partial charge in [-0.3, -0.25) is 9.59 Å². The Morgan fingerprint density at radius 2 is 1.83 bits per heavy atom. The molecule has 0 spiro atoms. The van der Waals surface area contributed by atoms with Crippen LogP contribution in [0, 0.1) is 0 Å². The molecule has 3 N–H and O–H groups in total. The third kappa shape index (κ3) is 4.03. The van der Waals surface area contributed by atoms with Crippen molar-refractivity contribution >= 4 is 23.2 Å². The van der Waals surface area contributed by atoms with E-state index in [0.717, 1.165) is 37.2 Å². The summed E-state index contributed by atoms with van der Waals surface area (Å²) in [5, 5.41) is 16.3. The number of hydrogen-bond acceptors (Lipinski definition) is 4. The van der Waals surface area contributed by atoms with Crippen LogP contribution in [0.4, 0.5) is 11.4 Å². The largest absolute Gasteiger partial charge is 0.509 e. The molecule has 2 aliphatic heterocycles. The molecule has 0 aromatic heterocycles. The Morgan fingerprint density at radius 3 is 2.57 bits per heavy atom. The number of nitrogens with one attached hydrogen (secondary N) is 2. The summed E-state index contributed by atoms with van der Waals surface area (Å²) >= 11 is 0. The first-order valence-corrected chi connectivity index (χ1v) is 10.4. The van der Waals surface area contributed by atoms with Crippen LogP contribution in [-0.4, -0.2) is 35.5 Å². The second-order valence-corrected chi connectivity index (χ2v) is 8.22. The van der Waals surface area contributed by atoms with Gasteiger partial charge in [-0.25, -0.2) is 0 Å². The Kier molecular flexibility index (Phi) is 5.48. The zero-order chi connectivity index (χ0) is 21.1. The van der Waals surface area contributed by atoms with Crippen molar-refractivity contribution in [2.75, 3.05) is 23.3 Å². The molecule has 0 radical (unpaired) electrons. The molecule has 2 aliphatic rings. The highest BCUT2D eigenvalue weighted by molar-refractivity contribution is 6.25. The van der Waals surface area contributed by atoms with E-state index in [1.54, 1.807) is 13.0 Å². The molecule has 2 aromatic carbocycles. The lowest BCUT2D eigenvalue weighted by Gasteiger charge is -2.29. The predicted molar refractivity (Wildman–Crippen MR) is 117 cm³/mol. The molecule has 0 saturated carbocycles. The van der Waals surface area contributed by atoms with Crippen LogP contribution in [0.25, 0.3) is 0 Å². The summed E-state index contributed by atoms with van der Waals surface area (Å²) in [5.41, 5.74) is 1.38. The van der Waals surface area contributed by atoms with Gasteiger partial charge in [0.25, 0.3) is 11.8 Å². The van der Waals surface area contributed by atoms with E-state index in [2.05, 4.69) is 15.5 Å². The van der Waals surface area contributed by atoms with Crippen LogP contribution in [0.3, 0.4) is 0 Å². The van der Waals surface area contributed by atoms with Gasteiger partial charge in [0.2, 0.25) is 0 Å². The summed E-state index contributed by atoms with van der Waals surface area (Å²) in [5.74, 6) is -1.38. The summed E-state index contributed by atoms with van der Waals surface area (Å²) in [6, 6.07) is 17.2. The molecule has 6 heteroatoms. The summed E-state index contributed by atoms with van der Waals surface area (Å²) < 4.78 is 0. The maximum absolute atomic E-state index is 12.9. The van der Waals surface area contributed by atoms with Gasteiger partial charge < -0.3 is 20.6 Å². The molecule has 1 saturated heterocycles. The molecule has 1 fully saturated rings. The van der Waals surface area contributed by atoms with E-state index in [-0.39, 0.29) is 11.3 Å². The lowest BCUT2D eigenvalue weighted by atomic mass is 9.91. The molecule has 156 valence electrons. The number of benzene rings is 2. The Morgan fingerprint density at radius 1 is 1.10 bits per heavy atom. The van der Waals surface area contributed by atoms with E-state index < -0.39 is 17.4 Å². The number of carbonyl (C=O) groups is 2. The van der Waals surface area contributed by atoms with Crippen LogP contribution in [0.1, 0.15) is 31.7 Å². The van der Waals surface area contributed by atoms with Crippen LogP contribution in [0.15, 0.2) is 65.9 Å². The zero-order valence-corrected chi connectivity index (χ0v) is 17.1. The molecule has 0 aliphatic carbocycles. The van der Waals surface area contributed by atoms with Crippen molar-refractivity contribution < 1.29 is 14.7 Å². The van der Waals surface area contributed by atoms with E-state index in [0.29, 0.717) is 12.1 Å². The second-order valence-electron chi connectivity index (χ2n) is 8.22. The average Bonchev–Trinajstić information content (AvgIpc) is 2.97. The lowest BCUT2D eigenvalue weighted by molar-refractivity contribution is -0.121. The van der Waals surface area contributed by atoms with Crippen molar-refractivity contribution in [3.05, 3.63) is 71.5 Å². The van der Waals surface area contributed by atoms with Crippen molar-refractivity contribution in [1.29, 1.82) is 0 Å². The third-order valence-corrected chi connectivity index (χ3v) is 5.83. The number of amides is 2. The Balaban J connectivity index is 1.52. The van der Waals surface area contributed by atoms with Crippen molar-refractivity contribution in [2.24, 2.45) is 0 Å². The molecule has 6 nitrogen and oxygen atoms in total. The molecule has 2 aromatic rings. The highest BCUT2D eigenvalue weighted by Crippen LogP contribution is 2.30. The number of rotatable bonds is 5. The quantitative estimate of drug-likeness (QED) is 0.665. The van der Waals surface area contributed by atoms with Gasteiger partial charge in [-0.05, 0) is 49.9 Å². The molecule has 0 bridgehead atoms. The topological polar surface area (TPSA) is 81.7 Å². The number of aliphatic hydroxyl groups excluding tert-OH is 1. The Hall–Kier alpha value is -3.28. The summed E-state index contributed by atoms with van der Waals surface area (Å²) in [6.45, 7) is 3.73. The minimum absolute atomic E-state index is 0.221. The van der Waals surface area contributed by atoms with E-state index in [4.69, 9.17) is 0 Å². The number of aliphatic hydroxyl groups is 1. The van der Waals surface area contributed by atoms with Crippen LogP contribution in [0.5, 0.6) is 0 Å². The van der Waals surface area contributed by atoms with Crippen molar-refractivity contribution in [3.8, 4) is 0 Å². The first-order chi connectivity index (χ1) is 14.5. The SMILES string of the molecule is CC1(Cc2ccccc2)NC(=O)C(C(=O)Nc2cccc(N3CCCCC3)c2)=C1O. The summed E-state index contributed by atoms with van der Waals surface area (Å²) in [4.78, 5) is 27.7. The normalized spacial score (nSPS) is 21.5. The molecule has 1 atom stereocenters. The molecular formula is C24H27N3O3. The molecule has 30 heavy (non-hydrogen) atoms. The van der Waals surface area contributed by atoms with Crippen LogP contribution < -0.4 is 15.5 Å². The van der Waals surface area contributed by atoms with Crippen molar-refractivity contribution in [2.45, 2.75) is 38.1 Å². The average molecular weight is 405 g/mol. The van der Waals surface area contributed by atoms with Gasteiger partial charge in [0, 0.05) is 30.9 Å². The maximum atomic E-state index is 12.9. The van der Waals surface area contributed by atoms with E-state index in [1.807, 2.05) is 48.5 Å². The number of carbonyl (C=O) groups excluding carboxylic acids is 2. The fraction of sp³-hybridized carbons (Fsp3) is 0.333. The highest BCUT2D eigenvalue weighted by Gasteiger charge is 2.44. The van der Waals surface area contributed by atoms with Crippen molar-refractivity contribution in [3.63, 3.8) is 0 Å². The number of anilines is 2. The first-order valence-electron chi connectivity index (χ1n) is 10.4. The van der Waals surface area contributed by atoms with E-state index in [9.17, 15) is 14.7 Å². The Labute approximate surface area is 176 Å². The molecular weight excluding hydrogens is 378 g/mol. The van der Waals surface area contributed by atoms with Gasteiger partial charge in [0.15, 0.2) is 0 Å². The van der Waals surface area contributed by atoms with Gasteiger partial charge in [-0.2, -0.15) is 0 Å². The van der Waals surface area contributed by atoms with Gasteiger partial charge in [0.05, 0.1) is 5.54 Å². The maximum Gasteiger partial charge on any atom is 0.264 e. The fourth-order valence-electron chi connectivity index (χ4n) is 4.22. The van der Waals surface area contributed by atoms with Crippen LogP contribution in [0.2, 0.25) is 0 Å². The molecule has 1 unspecified atom stereocenters. The van der Waals surface area contributed by atoms with Gasteiger partial charge in [-0.15, -0.1) is 0 Å². The van der Waals surface area contributed by atoms with Crippen LogP contribution in [-0.2, 0) is 16.0 Å². The monoisotopic (exact) mass is 405 g/mol.